The summed E-state index contributed by atoms with van der Waals surface area (Å²) < 4.78 is 62.0. The second kappa shape index (κ2) is 5.30. The number of sulfonamides is 1. The first-order chi connectivity index (χ1) is 9.60. The molecule has 21 heavy (non-hydrogen) atoms. The molecule has 5 nitrogen and oxygen atoms in total. The molecule has 116 valence electrons. The van der Waals surface area contributed by atoms with Crippen molar-refractivity contribution in [3.63, 3.8) is 0 Å². The molecule has 1 saturated heterocycles. The SMILES string of the molecule is CS(=O)(=O)N1CCNC(=O)[C@@H]1c1ccc(C(F)(F)F)cc1. The molecule has 1 atom stereocenters. The molecule has 1 fully saturated rings. The van der Waals surface area contributed by atoms with Gasteiger partial charge in [0.2, 0.25) is 15.9 Å². The number of hydrogen-bond acceptors (Lipinski definition) is 3. The minimum absolute atomic E-state index is 0.0796. The Hall–Kier alpha value is -1.61. The van der Waals surface area contributed by atoms with Crippen LogP contribution < -0.4 is 5.32 Å². The molecule has 0 radical (unpaired) electrons. The quantitative estimate of drug-likeness (QED) is 0.888. The van der Waals surface area contributed by atoms with Gasteiger partial charge in [0.1, 0.15) is 6.04 Å². The van der Waals surface area contributed by atoms with Gasteiger partial charge in [0.25, 0.3) is 0 Å². The first kappa shape index (κ1) is 15.8. The molecule has 1 aromatic carbocycles. The van der Waals surface area contributed by atoms with Crippen LogP contribution in [0.1, 0.15) is 17.2 Å². The third kappa shape index (κ3) is 3.35. The molecule has 0 bridgehead atoms. The second-order valence-electron chi connectivity index (χ2n) is 4.69. The number of halogens is 3. The topological polar surface area (TPSA) is 66.5 Å². The van der Waals surface area contributed by atoms with Crippen molar-refractivity contribution in [2.75, 3.05) is 19.3 Å². The Balaban J connectivity index is 2.39. The molecular weight excluding hydrogens is 309 g/mol. The Kier molecular flexibility index (Phi) is 3.98. The van der Waals surface area contributed by atoms with Gasteiger partial charge >= 0.3 is 6.18 Å². The average molecular weight is 322 g/mol. The minimum atomic E-state index is -4.48. The predicted molar refractivity (Wildman–Crippen MR) is 68.7 cm³/mol. The van der Waals surface area contributed by atoms with Crippen molar-refractivity contribution >= 4 is 15.9 Å². The van der Waals surface area contributed by atoms with Gasteiger partial charge in [0.05, 0.1) is 11.8 Å². The van der Waals surface area contributed by atoms with Gasteiger partial charge in [-0.1, -0.05) is 12.1 Å². The number of alkyl halides is 3. The smallest absolute Gasteiger partial charge is 0.353 e. The van der Waals surface area contributed by atoms with Crippen LogP contribution in [0.2, 0.25) is 0 Å². The van der Waals surface area contributed by atoms with Gasteiger partial charge < -0.3 is 5.32 Å². The molecule has 1 heterocycles. The van der Waals surface area contributed by atoms with Crippen LogP contribution in [0.15, 0.2) is 24.3 Å². The van der Waals surface area contributed by atoms with Crippen LogP contribution >= 0.6 is 0 Å². The first-order valence-corrected chi connectivity index (χ1v) is 7.87. The fraction of sp³-hybridized carbons (Fsp3) is 0.417. The zero-order valence-electron chi connectivity index (χ0n) is 11.0. The first-order valence-electron chi connectivity index (χ1n) is 6.02. The van der Waals surface area contributed by atoms with Crippen molar-refractivity contribution in [1.29, 1.82) is 0 Å². The standard InChI is InChI=1S/C12H13F3N2O3S/c1-21(19,20)17-7-6-16-11(18)10(17)8-2-4-9(5-3-8)12(13,14)15/h2-5,10H,6-7H2,1H3,(H,16,18)/t10-/m0/s1. The third-order valence-electron chi connectivity index (χ3n) is 3.15. The number of piperazine rings is 1. The lowest BCUT2D eigenvalue weighted by molar-refractivity contribution is -0.137. The summed E-state index contributed by atoms with van der Waals surface area (Å²) in [5, 5.41) is 2.51. The molecule has 1 amide bonds. The van der Waals surface area contributed by atoms with Crippen LogP contribution in [0, 0.1) is 0 Å². The molecule has 1 aromatic rings. The van der Waals surface area contributed by atoms with Gasteiger partial charge in [0.15, 0.2) is 0 Å². The predicted octanol–water partition coefficient (Wildman–Crippen LogP) is 1.14. The van der Waals surface area contributed by atoms with Gasteiger partial charge in [-0.05, 0) is 17.7 Å². The van der Waals surface area contributed by atoms with E-state index in [0.717, 1.165) is 34.8 Å². The summed E-state index contributed by atoms with van der Waals surface area (Å²) >= 11 is 0. The van der Waals surface area contributed by atoms with E-state index in [-0.39, 0.29) is 18.7 Å². The van der Waals surface area contributed by atoms with E-state index in [1.54, 1.807) is 0 Å². The zero-order chi connectivity index (χ0) is 15.8. The van der Waals surface area contributed by atoms with E-state index in [0.29, 0.717) is 0 Å². The van der Waals surface area contributed by atoms with E-state index < -0.39 is 33.7 Å². The summed E-state index contributed by atoms with van der Waals surface area (Å²) in [4.78, 5) is 11.9. The Morgan fingerprint density at radius 3 is 2.29 bits per heavy atom. The number of rotatable bonds is 2. The van der Waals surface area contributed by atoms with Crippen LogP contribution in [0.4, 0.5) is 13.2 Å². The van der Waals surface area contributed by atoms with Crippen molar-refractivity contribution in [2.24, 2.45) is 0 Å². The fourth-order valence-electron chi connectivity index (χ4n) is 2.18. The van der Waals surface area contributed by atoms with Gasteiger partial charge in [-0.2, -0.15) is 17.5 Å². The van der Waals surface area contributed by atoms with Crippen LogP contribution in [0.25, 0.3) is 0 Å². The molecule has 9 heteroatoms. The molecule has 2 rings (SSSR count). The molecule has 0 saturated carbocycles. The maximum Gasteiger partial charge on any atom is 0.416 e. The van der Waals surface area contributed by atoms with Gasteiger partial charge in [-0.25, -0.2) is 8.42 Å². The monoisotopic (exact) mass is 322 g/mol. The number of carbonyl (C=O) groups excluding carboxylic acids is 1. The van der Waals surface area contributed by atoms with Crippen LogP contribution in [-0.2, 0) is 21.0 Å². The van der Waals surface area contributed by atoms with Gasteiger partial charge in [-0.15, -0.1) is 0 Å². The van der Waals surface area contributed by atoms with E-state index in [1.165, 1.54) is 0 Å². The zero-order valence-corrected chi connectivity index (χ0v) is 11.8. The second-order valence-corrected chi connectivity index (χ2v) is 6.62. The number of amides is 1. The van der Waals surface area contributed by atoms with Crippen molar-refractivity contribution in [3.8, 4) is 0 Å². The Bertz CT molecular complexity index is 641. The number of benzene rings is 1. The molecule has 0 aliphatic carbocycles. The molecule has 0 aromatic heterocycles. The van der Waals surface area contributed by atoms with Crippen molar-refractivity contribution in [3.05, 3.63) is 35.4 Å². The summed E-state index contributed by atoms with van der Waals surface area (Å²) in [6.07, 6.45) is -3.52. The van der Waals surface area contributed by atoms with Gasteiger partial charge in [0, 0.05) is 13.1 Å². The highest BCUT2D eigenvalue weighted by Crippen LogP contribution is 2.31. The molecule has 1 aliphatic heterocycles. The van der Waals surface area contributed by atoms with E-state index in [2.05, 4.69) is 5.32 Å². The summed E-state index contributed by atoms with van der Waals surface area (Å²) in [6.45, 7) is 0.249. The van der Waals surface area contributed by atoms with Crippen LogP contribution in [0.3, 0.4) is 0 Å². The lowest BCUT2D eigenvalue weighted by Gasteiger charge is -2.33. The summed E-state index contributed by atoms with van der Waals surface area (Å²) in [5.41, 5.74) is -0.654. The van der Waals surface area contributed by atoms with Crippen molar-refractivity contribution < 1.29 is 26.4 Å². The Morgan fingerprint density at radius 2 is 1.81 bits per heavy atom. The molecular formula is C12H13F3N2O3S. The van der Waals surface area contributed by atoms with E-state index in [1.807, 2.05) is 0 Å². The lowest BCUT2D eigenvalue weighted by Crippen LogP contribution is -2.51. The number of hydrogen-bond donors (Lipinski definition) is 1. The van der Waals surface area contributed by atoms with Crippen molar-refractivity contribution in [1.82, 2.24) is 9.62 Å². The maximum atomic E-state index is 12.5. The largest absolute Gasteiger partial charge is 0.416 e. The molecule has 0 spiro atoms. The minimum Gasteiger partial charge on any atom is -0.353 e. The van der Waals surface area contributed by atoms with Crippen LogP contribution in [0.5, 0.6) is 0 Å². The Morgan fingerprint density at radius 1 is 1.24 bits per heavy atom. The number of carbonyl (C=O) groups is 1. The van der Waals surface area contributed by atoms with Crippen LogP contribution in [-0.4, -0.2) is 38.0 Å². The molecule has 1 aliphatic rings. The molecule has 1 N–H and O–H groups in total. The lowest BCUT2D eigenvalue weighted by atomic mass is 10.0. The van der Waals surface area contributed by atoms with E-state index in [9.17, 15) is 26.4 Å². The number of nitrogens with one attached hydrogen (secondary N) is 1. The maximum absolute atomic E-state index is 12.5. The highest BCUT2D eigenvalue weighted by Gasteiger charge is 2.37. The summed E-state index contributed by atoms with van der Waals surface area (Å²) in [7, 11) is -3.64. The van der Waals surface area contributed by atoms with Gasteiger partial charge in [-0.3, -0.25) is 4.79 Å². The van der Waals surface area contributed by atoms with E-state index >= 15 is 0 Å². The average Bonchev–Trinajstić information content (AvgIpc) is 2.36. The normalized spacial score (nSPS) is 21.1. The van der Waals surface area contributed by atoms with Crippen molar-refractivity contribution in [2.45, 2.75) is 12.2 Å². The fourth-order valence-corrected chi connectivity index (χ4v) is 3.20. The van der Waals surface area contributed by atoms with E-state index in [4.69, 9.17) is 0 Å². The number of nitrogens with zero attached hydrogens (tertiary/aromatic N) is 1. The summed E-state index contributed by atoms with van der Waals surface area (Å²) in [6, 6.07) is 2.76. The Labute approximate surface area is 119 Å². The highest BCUT2D eigenvalue weighted by atomic mass is 32.2. The third-order valence-corrected chi connectivity index (χ3v) is 4.39. The highest BCUT2D eigenvalue weighted by molar-refractivity contribution is 7.88. The molecule has 0 unspecified atom stereocenters. The summed E-state index contributed by atoms with van der Waals surface area (Å²) in [5.74, 6) is -0.550.